The normalized spacial score (nSPS) is 18.4. The van der Waals surface area contributed by atoms with E-state index in [0.29, 0.717) is 6.54 Å². The molecule has 0 unspecified atom stereocenters. The molecular weight excluding hydrogens is 270 g/mol. The molecule has 2 fully saturated rings. The molecule has 1 aliphatic carbocycles. The molecule has 6 heteroatoms. The minimum Gasteiger partial charge on any atom is -0.353 e. The van der Waals surface area contributed by atoms with Crippen molar-refractivity contribution in [2.45, 2.75) is 38.3 Å². The quantitative estimate of drug-likeness (QED) is 0.748. The molecule has 0 atom stereocenters. The highest BCUT2D eigenvalue weighted by molar-refractivity contribution is 6.04. The maximum absolute atomic E-state index is 12.5. The highest BCUT2D eigenvalue weighted by Gasteiger charge is 2.36. The summed E-state index contributed by atoms with van der Waals surface area (Å²) in [6.07, 6.45) is 4.40. The van der Waals surface area contributed by atoms with Crippen molar-refractivity contribution in [3.63, 3.8) is 0 Å². The predicted molar refractivity (Wildman–Crippen MR) is 74.9 cm³/mol. The Kier molecular flexibility index (Phi) is 3.53. The third kappa shape index (κ3) is 2.84. The second-order valence-electron chi connectivity index (χ2n) is 5.74. The number of amides is 3. The Morgan fingerprint density at radius 2 is 1.95 bits per heavy atom. The molecule has 1 aliphatic heterocycles. The lowest BCUT2D eigenvalue weighted by molar-refractivity contribution is -0.146. The van der Waals surface area contributed by atoms with E-state index in [9.17, 15) is 14.4 Å². The monoisotopic (exact) mass is 289 g/mol. The first-order valence-electron chi connectivity index (χ1n) is 7.29. The van der Waals surface area contributed by atoms with E-state index in [1.165, 1.54) is 0 Å². The number of imide groups is 1. The Bertz CT molecular complexity index is 573. The van der Waals surface area contributed by atoms with Gasteiger partial charge in [-0.3, -0.25) is 19.3 Å². The molecule has 112 valence electrons. The van der Waals surface area contributed by atoms with Crippen LogP contribution in [-0.4, -0.2) is 44.7 Å². The zero-order valence-electron chi connectivity index (χ0n) is 12.1. The van der Waals surface area contributed by atoms with Crippen molar-refractivity contribution >= 4 is 17.7 Å². The van der Waals surface area contributed by atoms with E-state index in [1.807, 2.05) is 29.9 Å². The Balaban J connectivity index is 1.69. The maximum Gasteiger partial charge on any atom is 0.243 e. The average molecular weight is 289 g/mol. The van der Waals surface area contributed by atoms with Gasteiger partial charge in [0.05, 0.1) is 6.54 Å². The minimum atomic E-state index is -0.233. The van der Waals surface area contributed by atoms with E-state index in [2.05, 4.69) is 0 Å². The molecule has 1 saturated heterocycles. The molecular formula is C15H19N3O3. The lowest BCUT2D eigenvalue weighted by Crippen LogP contribution is -2.43. The Morgan fingerprint density at radius 1 is 1.29 bits per heavy atom. The van der Waals surface area contributed by atoms with Crippen molar-refractivity contribution in [2.24, 2.45) is 7.05 Å². The predicted octanol–water partition coefficient (Wildman–Crippen LogP) is 0.665. The Morgan fingerprint density at radius 3 is 2.48 bits per heavy atom. The van der Waals surface area contributed by atoms with Crippen LogP contribution in [0.25, 0.3) is 0 Å². The van der Waals surface area contributed by atoms with E-state index in [-0.39, 0.29) is 43.1 Å². The van der Waals surface area contributed by atoms with Crippen molar-refractivity contribution in [1.29, 1.82) is 0 Å². The summed E-state index contributed by atoms with van der Waals surface area (Å²) in [4.78, 5) is 38.6. The molecule has 0 radical (unpaired) electrons. The SMILES string of the molecule is Cn1cccc1CN(C(=O)CN1C(=O)CCC1=O)C1CC1. The molecule has 3 rings (SSSR count). The first-order chi connectivity index (χ1) is 10.1. The van der Waals surface area contributed by atoms with Crippen LogP contribution >= 0.6 is 0 Å². The van der Waals surface area contributed by atoms with Crippen LogP contribution < -0.4 is 0 Å². The molecule has 0 aromatic carbocycles. The lowest BCUT2D eigenvalue weighted by Gasteiger charge is -2.25. The molecule has 2 aliphatic rings. The summed E-state index contributed by atoms with van der Waals surface area (Å²) in [5, 5.41) is 0. The van der Waals surface area contributed by atoms with Gasteiger partial charge in [0.15, 0.2) is 0 Å². The zero-order valence-corrected chi connectivity index (χ0v) is 12.1. The van der Waals surface area contributed by atoms with Gasteiger partial charge in [0.2, 0.25) is 17.7 Å². The number of rotatable bonds is 5. The van der Waals surface area contributed by atoms with Crippen molar-refractivity contribution in [3.05, 3.63) is 24.0 Å². The molecule has 0 spiro atoms. The van der Waals surface area contributed by atoms with Crippen LogP contribution in [0, 0.1) is 0 Å². The third-order valence-corrected chi connectivity index (χ3v) is 4.14. The number of carbonyl (C=O) groups excluding carboxylic acids is 3. The number of hydrogen-bond donors (Lipinski definition) is 0. The van der Waals surface area contributed by atoms with Crippen LogP contribution in [0.4, 0.5) is 0 Å². The van der Waals surface area contributed by atoms with Gasteiger partial charge < -0.3 is 9.47 Å². The summed E-state index contributed by atoms with van der Waals surface area (Å²) in [7, 11) is 1.94. The van der Waals surface area contributed by atoms with Gasteiger partial charge in [-0.2, -0.15) is 0 Å². The fourth-order valence-corrected chi connectivity index (χ4v) is 2.67. The van der Waals surface area contributed by atoms with Gasteiger partial charge in [0.25, 0.3) is 0 Å². The van der Waals surface area contributed by atoms with Crippen LogP contribution in [0.1, 0.15) is 31.4 Å². The molecule has 3 amide bonds. The smallest absolute Gasteiger partial charge is 0.243 e. The van der Waals surface area contributed by atoms with Gasteiger partial charge in [-0.05, 0) is 25.0 Å². The first-order valence-corrected chi connectivity index (χ1v) is 7.29. The second kappa shape index (κ2) is 5.35. The van der Waals surface area contributed by atoms with Gasteiger partial charge in [-0.1, -0.05) is 0 Å². The van der Waals surface area contributed by atoms with Gasteiger partial charge in [0.1, 0.15) is 6.54 Å². The fraction of sp³-hybridized carbons (Fsp3) is 0.533. The molecule has 0 N–H and O–H groups in total. The Hall–Kier alpha value is -2.11. The van der Waals surface area contributed by atoms with Crippen molar-refractivity contribution in [3.8, 4) is 0 Å². The highest BCUT2D eigenvalue weighted by atomic mass is 16.2. The summed E-state index contributed by atoms with van der Waals surface area (Å²) in [6.45, 7) is 0.418. The average Bonchev–Trinajstić information content (AvgIpc) is 3.15. The number of aromatic nitrogens is 1. The number of carbonyl (C=O) groups is 3. The van der Waals surface area contributed by atoms with Gasteiger partial charge in [-0.15, -0.1) is 0 Å². The van der Waals surface area contributed by atoms with Crippen molar-refractivity contribution < 1.29 is 14.4 Å². The Labute approximate surface area is 123 Å². The van der Waals surface area contributed by atoms with Gasteiger partial charge >= 0.3 is 0 Å². The number of aryl methyl sites for hydroxylation is 1. The molecule has 2 heterocycles. The highest BCUT2D eigenvalue weighted by Crippen LogP contribution is 2.29. The third-order valence-electron chi connectivity index (χ3n) is 4.14. The van der Waals surface area contributed by atoms with Crippen molar-refractivity contribution in [2.75, 3.05) is 6.54 Å². The van der Waals surface area contributed by atoms with E-state index < -0.39 is 0 Å². The van der Waals surface area contributed by atoms with Gasteiger partial charge in [-0.25, -0.2) is 0 Å². The number of likely N-dealkylation sites (tertiary alicyclic amines) is 1. The standard InChI is InChI=1S/C15H19N3O3/c1-16-8-2-3-12(16)9-17(11-4-5-11)15(21)10-18-13(19)6-7-14(18)20/h2-3,8,11H,4-7,9-10H2,1H3. The topological polar surface area (TPSA) is 62.6 Å². The summed E-state index contributed by atoms with van der Waals surface area (Å²) in [5.74, 6) is -0.603. The molecule has 1 saturated carbocycles. The van der Waals surface area contributed by atoms with Crippen LogP contribution in [0.3, 0.4) is 0 Å². The number of nitrogens with zero attached hydrogens (tertiary/aromatic N) is 3. The molecule has 1 aromatic heterocycles. The van der Waals surface area contributed by atoms with Crippen LogP contribution in [-0.2, 0) is 28.0 Å². The summed E-state index contributed by atoms with van der Waals surface area (Å²) >= 11 is 0. The first kappa shape index (κ1) is 13.9. The van der Waals surface area contributed by atoms with E-state index in [4.69, 9.17) is 0 Å². The summed E-state index contributed by atoms with van der Waals surface area (Å²) in [6, 6.07) is 4.17. The minimum absolute atomic E-state index is 0.113. The van der Waals surface area contributed by atoms with E-state index >= 15 is 0 Å². The second-order valence-corrected chi connectivity index (χ2v) is 5.74. The van der Waals surface area contributed by atoms with Gasteiger partial charge in [0, 0.05) is 37.8 Å². The summed E-state index contributed by atoms with van der Waals surface area (Å²) in [5.41, 5.74) is 1.05. The lowest BCUT2D eigenvalue weighted by atomic mass is 10.3. The van der Waals surface area contributed by atoms with E-state index in [1.54, 1.807) is 4.90 Å². The fourth-order valence-electron chi connectivity index (χ4n) is 2.67. The molecule has 21 heavy (non-hydrogen) atoms. The van der Waals surface area contributed by atoms with Crippen LogP contribution in [0.15, 0.2) is 18.3 Å². The maximum atomic E-state index is 12.5. The van der Waals surface area contributed by atoms with Crippen LogP contribution in [0.5, 0.6) is 0 Å². The zero-order chi connectivity index (χ0) is 15.0. The van der Waals surface area contributed by atoms with E-state index in [0.717, 1.165) is 23.4 Å². The summed E-state index contributed by atoms with van der Waals surface area (Å²) < 4.78 is 1.98. The number of hydrogen-bond acceptors (Lipinski definition) is 3. The molecule has 1 aromatic rings. The molecule has 6 nitrogen and oxygen atoms in total. The van der Waals surface area contributed by atoms with Crippen molar-refractivity contribution in [1.82, 2.24) is 14.4 Å². The van der Waals surface area contributed by atoms with Crippen LogP contribution in [0.2, 0.25) is 0 Å². The largest absolute Gasteiger partial charge is 0.353 e. The molecule has 0 bridgehead atoms.